The molecule has 0 saturated heterocycles. The lowest BCUT2D eigenvalue weighted by molar-refractivity contribution is 0.0602. The van der Waals surface area contributed by atoms with E-state index in [1.807, 2.05) is 38.1 Å². The lowest BCUT2D eigenvalue weighted by Crippen LogP contribution is -2.05. The largest absolute Gasteiger partial charge is 0.497 e. The zero-order valence-electron chi connectivity index (χ0n) is 13.5. The summed E-state index contributed by atoms with van der Waals surface area (Å²) in [6.07, 6.45) is 0. The monoisotopic (exact) mass is 311 g/mol. The van der Waals surface area contributed by atoms with E-state index in [-0.39, 0.29) is 0 Å². The number of nitrogens with zero attached hydrogens (tertiary/aromatic N) is 3. The van der Waals surface area contributed by atoms with E-state index >= 15 is 0 Å². The summed E-state index contributed by atoms with van der Waals surface area (Å²) in [7, 11) is 2.99. The van der Waals surface area contributed by atoms with Crippen molar-refractivity contribution < 1.29 is 14.3 Å². The normalized spacial score (nSPS) is 10.8. The summed E-state index contributed by atoms with van der Waals surface area (Å²) in [5.74, 6) is 0.374. The van der Waals surface area contributed by atoms with E-state index in [4.69, 9.17) is 9.47 Å². The van der Waals surface area contributed by atoms with Crippen LogP contribution in [0.15, 0.2) is 30.3 Å². The zero-order valence-corrected chi connectivity index (χ0v) is 13.5. The highest BCUT2D eigenvalue weighted by atomic mass is 16.5. The molecule has 23 heavy (non-hydrogen) atoms. The highest BCUT2D eigenvalue weighted by molar-refractivity contribution is 6.04. The van der Waals surface area contributed by atoms with Crippen LogP contribution in [-0.2, 0) is 4.74 Å². The molecule has 0 saturated carbocycles. The Kier molecular flexibility index (Phi) is 3.73. The molecule has 0 radical (unpaired) electrons. The highest BCUT2D eigenvalue weighted by Gasteiger charge is 2.19. The molecule has 6 heteroatoms. The van der Waals surface area contributed by atoms with Crippen molar-refractivity contribution in [1.29, 1.82) is 0 Å². The topological polar surface area (TPSA) is 66.2 Å². The Morgan fingerprint density at radius 2 is 1.83 bits per heavy atom. The van der Waals surface area contributed by atoms with Crippen molar-refractivity contribution in [1.82, 2.24) is 14.8 Å². The quantitative estimate of drug-likeness (QED) is 0.696. The molecule has 3 aromatic rings. The summed E-state index contributed by atoms with van der Waals surface area (Å²) in [6, 6.07) is 9.23. The predicted octanol–water partition coefficient (Wildman–Crippen LogP) is 2.83. The van der Waals surface area contributed by atoms with Gasteiger partial charge in [0.2, 0.25) is 0 Å². The Labute approximate surface area is 133 Å². The highest BCUT2D eigenvalue weighted by Crippen LogP contribution is 2.26. The summed E-state index contributed by atoms with van der Waals surface area (Å²) in [6.45, 7) is 3.69. The Balaban J connectivity index is 2.26. The van der Waals surface area contributed by atoms with Crippen LogP contribution in [0.4, 0.5) is 0 Å². The van der Waals surface area contributed by atoms with E-state index < -0.39 is 5.97 Å². The van der Waals surface area contributed by atoms with Crippen LogP contribution in [0.5, 0.6) is 5.75 Å². The number of esters is 1. The van der Waals surface area contributed by atoms with Crippen molar-refractivity contribution in [2.45, 2.75) is 13.8 Å². The van der Waals surface area contributed by atoms with Gasteiger partial charge in [-0.15, -0.1) is 0 Å². The van der Waals surface area contributed by atoms with Crippen molar-refractivity contribution in [2.75, 3.05) is 14.2 Å². The van der Waals surface area contributed by atoms with Crippen LogP contribution in [0.25, 0.3) is 16.7 Å². The number of benzene rings is 1. The maximum atomic E-state index is 12.1. The molecule has 0 amide bonds. The molecule has 0 bridgehead atoms. The van der Waals surface area contributed by atoms with Crippen LogP contribution in [0.2, 0.25) is 0 Å². The van der Waals surface area contributed by atoms with Gasteiger partial charge < -0.3 is 9.47 Å². The van der Waals surface area contributed by atoms with Gasteiger partial charge in [0.25, 0.3) is 0 Å². The summed E-state index contributed by atoms with van der Waals surface area (Å²) in [5.41, 5.74) is 3.41. The van der Waals surface area contributed by atoms with Crippen molar-refractivity contribution in [3.8, 4) is 11.4 Å². The summed E-state index contributed by atoms with van der Waals surface area (Å²) in [4.78, 5) is 16.6. The van der Waals surface area contributed by atoms with E-state index in [0.29, 0.717) is 16.6 Å². The van der Waals surface area contributed by atoms with Gasteiger partial charge in [-0.1, -0.05) is 0 Å². The molecule has 118 valence electrons. The summed E-state index contributed by atoms with van der Waals surface area (Å²) >= 11 is 0. The lowest BCUT2D eigenvalue weighted by atomic mass is 10.1. The standard InChI is InChI=1S/C17H17N3O3/c1-10-9-14(17(21)23-4)15-11(2)19-20(16(15)18-10)12-5-7-13(22-3)8-6-12/h5-9H,1-4H3. The third-order valence-corrected chi connectivity index (χ3v) is 3.66. The average molecular weight is 311 g/mol. The van der Waals surface area contributed by atoms with E-state index in [0.717, 1.165) is 22.8 Å². The Morgan fingerprint density at radius 3 is 2.43 bits per heavy atom. The number of aromatic nitrogens is 3. The number of rotatable bonds is 3. The van der Waals surface area contributed by atoms with Crippen molar-refractivity contribution in [2.24, 2.45) is 0 Å². The fourth-order valence-corrected chi connectivity index (χ4v) is 2.59. The number of pyridine rings is 1. The minimum absolute atomic E-state index is 0.391. The minimum atomic E-state index is -0.391. The van der Waals surface area contributed by atoms with Gasteiger partial charge in [-0.3, -0.25) is 0 Å². The van der Waals surface area contributed by atoms with Crippen LogP contribution in [-0.4, -0.2) is 35.0 Å². The number of hydrogen-bond acceptors (Lipinski definition) is 5. The van der Waals surface area contributed by atoms with Gasteiger partial charge >= 0.3 is 5.97 Å². The Hall–Kier alpha value is -2.89. The molecule has 0 fully saturated rings. The van der Waals surface area contributed by atoms with E-state index in [1.54, 1.807) is 17.9 Å². The number of methoxy groups -OCH3 is 2. The second-order valence-electron chi connectivity index (χ2n) is 5.20. The van der Waals surface area contributed by atoms with Crippen LogP contribution in [0, 0.1) is 13.8 Å². The minimum Gasteiger partial charge on any atom is -0.497 e. The smallest absolute Gasteiger partial charge is 0.338 e. The first-order chi connectivity index (χ1) is 11.0. The number of hydrogen-bond donors (Lipinski definition) is 0. The molecule has 2 aromatic heterocycles. The van der Waals surface area contributed by atoms with Crippen LogP contribution in [0.1, 0.15) is 21.7 Å². The number of fused-ring (bicyclic) bond motifs is 1. The van der Waals surface area contributed by atoms with E-state index in [1.165, 1.54) is 7.11 Å². The van der Waals surface area contributed by atoms with Crippen LogP contribution in [0.3, 0.4) is 0 Å². The molecular weight excluding hydrogens is 294 g/mol. The van der Waals surface area contributed by atoms with Gasteiger partial charge in [0.15, 0.2) is 5.65 Å². The van der Waals surface area contributed by atoms with Crippen molar-refractivity contribution >= 4 is 17.0 Å². The SMILES string of the molecule is COC(=O)c1cc(C)nc2c1c(C)nn2-c1ccc(OC)cc1. The second-order valence-corrected chi connectivity index (χ2v) is 5.20. The van der Waals surface area contributed by atoms with Crippen molar-refractivity contribution in [3.05, 3.63) is 47.3 Å². The molecule has 2 heterocycles. The zero-order chi connectivity index (χ0) is 16.6. The van der Waals surface area contributed by atoms with E-state index in [2.05, 4.69) is 10.1 Å². The molecule has 0 spiro atoms. The number of aryl methyl sites for hydroxylation is 2. The van der Waals surface area contributed by atoms with Crippen LogP contribution < -0.4 is 4.74 Å². The predicted molar refractivity (Wildman–Crippen MR) is 86.2 cm³/mol. The van der Waals surface area contributed by atoms with E-state index in [9.17, 15) is 4.79 Å². The maximum Gasteiger partial charge on any atom is 0.338 e. The maximum absolute atomic E-state index is 12.1. The molecule has 0 aliphatic heterocycles. The first-order valence-corrected chi connectivity index (χ1v) is 7.15. The van der Waals surface area contributed by atoms with Gasteiger partial charge in [0, 0.05) is 5.69 Å². The number of ether oxygens (including phenoxy) is 2. The van der Waals surface area contributed by atoms with Gasteiger partial charge in [0.05, 0.1) is 36.6 Å². The van der Waals surface area contributed by atoms with Crippen LogP contribution >= 0.6 is 0 Å². The molecular formula is C17H17N3O3. The molecule has 0 atom stereocenters. The molecule has 0 aliphatic carbocycles. The summed E-state index contributed by atoms with van der Waals surface area (Å²) in [5, 5.41) is 5.25. The van der Waals surface area contributed by atoms with Gasteiger partial charge in [0.1, 0.15) is 5.75 Å². The average Bonchev–Trinajstić information content (AvgIpc) is 2.90. The first-order valence-electron chi connectivity index (χ1n) is 7.15. The Bertz CT molecular complexity index is 882. The molecule has 3 rings (SSSR count). The second kappa shape index (κ2) is 5.72. The lowest BCUT2D eigenvalue weighted by Gasteiger charge is -2.06. The van der Waals surface area contributed by atoms with Gasteiger partial charge in [-0.05, 0) is 44.2 Å². The molecule has 0 unspecified atom stereocenters. The molecule has 0 aliphatic rings. The van der Waals surface area contributed by atoms with Crippen molar-refractivity contribution in [3.63, 3.8) is 0 Å². The molecule has 0 N–H and O–H groups in total. The molecule has 6 nitrogen and oxygen atoms in total. The third-order valence-electron chi connectivity index (χ3n) is 3.66. The Morgan fingerprint density at radius 1 is 1.13 bits per heavy atom. The number of carbonyl (C=O) groups excluding carboxylic acids is 1. The van der Waals surface area contributed by atoms with Gasteiger partial charge in [-0.2, -0.15) is 5.10 Å². The number of carbonyl (C=O) groups is 1. The van der Waals surface area contributed by atoms with Gasteiger partial charge in [-0.25, -0.2) is 14.5 Å². The third kappa shape index (κ3) is 2.52. The molecule has 1 aromatic carbocycles. The fraction of sp³-hybridized carbons (Fsp3) is 0.235. The first kappa shape index (κ1) is 15.0. The fourth-order valence-electron chi connectivity index (χ4n) is 2.59. The summed E-state index contributed by atoms with van der Waals surface area (Å²) < 4.78 is 11.8.